The van der Waals surface area contributed by atoms with Crippen LogP contribution in [0.25, 0.3) is 21.5 Å². The van der Waals surface area contributed by atoms with Crippen LogP contribution in [0.1, 0.15) is 44.2 Å². The van der Waals surface area contributed by atoms with Gasteiger partial charge in [-0.25, -0.2) is 9.80 Å². The van der Waals surface area contributed by atoms with Crippen LogP contribution in [0.15, 0.2) is 97.1 Å². The van der Waals surface area contributed by atoms with Gasteiger partial charge in [-0.2, -0.15) is 0 Å². The Kier molecular flexibility index (Phi) is 12.8. The first-order chi connectivity index (χ1) is 25.5. The number of fused-ring (bicyclic) bond motifs is 2. The monoisotopic (exact) mass is 719 g/mol. The Hall–Kier alpha value is -6.24. The lowest BCUT2D eigenvalue weighted by Crippen LogP contribution is -2.57. The second-order valence-electron chi connectivity index (χ2n) is 13.1. The zero-order valence-electron chi connectivity index (χ0n) is 29.9. The van der Waals surface area contributed by atoms with Crippen molar-refractivity contribution in [3.8, 4) is 0 Å². The van der Waals surface area contributed by atoms with E-state index in [4.69, 9.17) is 5.73 Å². The Balaban J connectivity index is 1.28. The summed E-state index contributed by atoms with van der Waals surface area (Å²) in [5, 5.41) is 9.84. The van der Waals surface area contributed by atoms with Gasteiger partial charge >= 0.3 is 6.03 Å². The fourth-order valence-electron chi connectivity index (χ4n) is 6.22. The molecule has 1 saturated heterocycles. The molecule has 1 heterocycles. The number of rotatable bonds is 12. The van der Waals surface area contributed by atoms with E-state index in [0.29, 0.717) is 18.1 Å². The van der Waals surface area contributed by atoms with E-state index in [9.17, 15) is 28.8 Å². The van der Waals surface area contributed by atoms with E-state index in [1.807, 2.05) is 84.9 Å². The lowest BCUT2D eigenvalue weighted by Gasteiger charge is -2.28. The highest BCUT2D eigenvalue weighted by Crippen LogP contribution is 2.24. The number of piperidine rings is 1. The van der Waals surface area contributed by atoms with Gasteiger partial charge in [-0.3, -0.25) is 29.4 Å². The molecule has 0 unspecified atom stereocenters. The Morgan fingerprint density at radius 3 is 1.75 bits per heavy atom. The Bertz CT molecular complexity index is 1930. The molecule has 13 heteroatoms. The molecule has 0 spiro atoms. The van der Waals surface area contributed by atoms with Gasteiger partial charge in [0.2, 0.25) is 17.7 Å². The first-order valence-corrected chi connectivity index (χ1v) is 17.7. The maximum atomic E-state index is 13.9. The molecule has 5 rings (SSSR count). The molecule has 13 nitrogen and oxygen atoms in total. The van der Waals surface area contributed by atoms with Crippen LogP contribution in [0.4, 0.5) is 4.79 Å². The highest BCUT2D eigenvalue weighted by Gasteiger charge is 2.26. The van der Waals surface area contributed by atoms with E-state index >= 15 is 0 Å². The quantitative estimate of drug-likeness (QED) is 0.129. The molecule has 1 fully saturated rings. The van der Waals surface area contributed by atoms with E-state index in [0.717, 1.165) is 64.1 Å². The lowest BCUT2D eigenvalue weighted by molar-refractivity contribution is -0.142. The van der Waals surface area contributed by atoms with Crippen molar-refractivity contribution in [3.63, 3.8) is 0 Å². The van der Waals surface area contributed by atoms with Crippen molar-refractivity contribution < 1.29 is 28.8 Å². The summed E-state index contributed by atoms with van der Waals surface area (Å²) in [7, 11) is 0. The van der Waals surface area contributed by atoms with Crippen molar-refractivity contribution in [1.29, 1.82) is 0 Å². The molecule has 1 aliphatic heterocycles. The number of likely N-dealkylation sites (tertiary alicyclic amines) is 1. The topological polar surface area (TPSA) is 174 Å². The molecule has 0 aromatic heterocycles. The molecule has 5 N–H and O–H groups in total. The van der Waals surface area contributed by atoms with Gasteiger partial charge in [0.25, 0.3) is 11.8 Å². The number of hydrazine groups is 1. The second-order valence-corrected chi connectivity index (χ2v) is 13.1. The van der Waals surface area contributed by atoms with Crippen LogP contribution < -0.4 is 21.8 Å². The molecule has 4 aromatic carbocycles. The number of nitrogens with two attached hydrogens (primary N) is 1. The summed E-state index contributed by atoms with van der Waals surface area (Å²) in [6, 6.07) is 25.0. The number of carbonyl (C=O) groups excluding carboxylic acids is 6. The van der Waals surface area contributed by atoms with E-state index in [-0.39, 0.29) is 19.1 Å². The predicted octanol–water partition coefficient (Wildman–Crippen LogP) is 3.51. The Morgan fingerprint density at radius 1 is 0.679 bits per heavy atom. The van der Waals surface area contributed by atoms with E-state index in [1.54, 1.807) is 9.80 Å². The van der Waals surface area contributed by atoms with Crippen LogP contribution in [-0.2, 0) is 37.1 Å². The minimum Gasteiger partial charge on any atom is -0.368 e. The van der Waals surface area contributed by atoms with Crippen LogP contribution in [-0.4, -0.2) is 82.1 Å². The number of nitrogens with one attached hydrogen (secondary N) is 3. The minimum absolute atomic E-state index is 0.234. The van der Waals surface area contributed by atoms with Gasteiger partial charge in [-0.05, 0) is 65.8 Å². The summed E-state index contributed by atoms with van der Waals surface area (Å²) in [5.74, 6) is -3.73. The van der Waals surface area contributed by atoms with Crippen molar-refractivity contribution in [2.45, 2.75) is 58.3 Å². The third kappa shape index (κ3) is 10.2. The van der Waals surface area contributed by atoms with Gasteiger partial charge in [-0.15, -0.1) is 0 Å². The summed E-state index contributed by atoms with van der Waals surface area (Å²) >= 11 is 0. The molecule has 0 saturated carbocycles. The molecule has 7 amide bonds. The van der Waals surface area contributed by atoms with E-state index in [2.05, 4.69) is 16.1 Å². The zero-order chi connectivity index (χ0) is 37.9. The van der Waals surface area contributed by atoms with Crippen molar-refractivity contribution in [2.24, 2.45) is 5.73 Å². The number of carbonyl (C=O) groups is 6. The van der Waals surface area contributed by atoms with Gasteiger partial charge in [0, 0.05) is 38.3 Å². The molecule has 0 aliphatic carbocycles. The molecule has 0 radical (unpaired) electrons. The molecular formula is C40H45N7O6. The number of benzene rings is 4. The Labute approximate surface area is 308 Å². The maximum Gasteiger partial charge on any atom is 0.318 e. The first-order valence-electron chi connectivity index (χ1n) is 17.7. The highest BCUT2D eigenvalue weighted by atomic mass is 16.2. The second kappa shape index (κ2) is 17.8. The van der Waals surface area contributed by atoms with Gasteiger partial charge in [0.1, 0.15) is 18.6 Å². The summed E-state index contributed by atoms with van der Waals surface area (Å²) in [5.41, 5.74) is 9.52. The van der Waals surface area contributed by atoms with Crippen LogP contribution in [0.5, 0.6) is 0 Å². The number of hydrogen-bond donors (Lipinski definition) is 4. The smallest absolute Gasteiger partial charge is 0.318 e. The summed E-state index contributed by atoms with van der Waals surface area (Å²) < 4.78 is 0. The predicted molar refractivity (Wildman–Crippen MR) is 201 cm³/mol. The summed E-state index contributed by atoms with van der Waals surface area (Å²) in [6.07, 6.45) is 4.89. The van der Waals surface area contributed by atoms with E-state index in [1.165, 1.54) is 13.8 Å². The molecule has 1 aliphatic rings. The van der Waals surface area contributed by atoms with Crippen molar-refractivity contribution >= 4 is 57.1 Å². The first kappa shape index (κ1) is 38.0. The largest absolute Gasteiger partial charge is 0.368 e. The third-order valence-electron chi connectivity index (χ3n) is 9.12. The fourth-order valence-corrected chi connectivity index (χ4v) is 6.22. The number of primary amides is 1. The molecular weight excluding hydrogens is 674 g/mol. The van der Waals surface area contributed by atoms with E-state index < -0.39 is 48.2 Å². The number of urea groups is 1. The Morgan fingerprint density at radius 2 is 1.19 bits per heavy atom. The molecule has 0 bridgehead atoms. The van der Waals surface area contributed by atoms with Crippen LogP contribution >= 0.6 is 0 Å². The van der Waals surface area contributed by atoms with Crippen LogP contribution in [0.2, 0.25) is 0 Å². The van der Waals surface area contributed by atoms with Crippen LogP contribution in [0, 0.1) is 0 Å². The zero-order valence-corrected chi connectivity index (χ0v) is 29.9. The van der Waals surface area contributed by atoms with Crippen LogP contribution in [0.3, 0.4) is 0 Å². The average Bonchev–Trinajstić information content (AvgIpc) is 3.16. The number of amides is 7. The highest BCUT2D eigenvalue weighted by molar-refractivity contribution is 5.99. The van der Waals surface area contributed by atoms with Gasteiger partial charge < -0.3 is 26.2 Å². The maximum absolute atomic E-state index is 13.9. The SMILES string of the molecule is C[C@H](NC(=O)[C@H](C)NC(=O)N1CCCCC1)C(=O)NN(CC(N)=O)C(=O)/C=C/C(=O)N(Cc1cccc2ccccc12)Cc1cccc2ccccc12. The molecule has 53 heavy (non-hydrogen) atoms. The third-order valence-corrected chi connectivity index (χ3v) is 9.12. The molecule has 276 valence electrons. The van der Waals surface area contributed by atoms with Crippen molar-refractivity contribution in [2.75, 3.05) is 19.6 Å². The number of hydrogen-bond acceptors (Lipinski definition) is 6. The molecule has 2 atom stereocenters. The van der Waals surface area contributed by atoms with Gasteiger partial charge in [-0.1, -0.05) is 84.9 Å². The standard InChI is InChI=1S/C40H45N7O6/c1-27(43-40(53)45-22-8-3-9-23-45)38(51)42-28(2)39(52)44-47(26-35(41)48)37(50)21-20-36(49)46(24-31-16-10-14-29-12-4-6-18-33(29)31)25-32-17-11-15-30-13-5-7-19-34(30)32/h4-7,10-21,27-28H,3,8-9,22-26H2,1-2H3,(H2,41,48)(H,42,51)(H,43,53)(H,44,52)/b21-20+/t27-,28-/m0/s1. The minimum atomic E-state index is -1.16. The lowest BCUT2D eigenvalue weighted by atomic mass is 10.0. The molecule has 4 aromatic rings. The average molecular weight is 720 g/mol. The number of nitrogens with zero attached hydrogens (tertiary/aromatic N) is 3. The van der Waals surface area contributed by atoms with Crippen molar-refractivity contribution in [1.82, 2.24) is 30.9 Å². The normalized spacial score (nSPS) is 14.0. The van der Waals surface area contributed by atoms with Crippen molar-refractivity contribution in [3.05, 3.63) is 108 Å². The fraction of sp³-hybridized carbons (Fsp3) is 0.300. The van der Waals surface area contributed by atoms with Gasteiger partial charge in [0.15, 0.2) is 0 Å². The van der Waals surface area contributed by atoms with Gasteiger partial charge in [0.05, 0.1) is 0 Å². The summed E-state index contributed by atoms with van der Waals surface area (Å²) in [4.78, 5) is 80.8. The summed E-state index contributed by atoms with van der Waals surface area (Å²) in [6.45, 7) is 3.87.